The lowest BCUT2D eigenvalue weighted by Gasteiger charge is -2.18. The molecular weight excluding hydrogens is 224 g/mol. The van der Waals surface area contributed by atoms with Gasteiger partial charge < -0.3 is 14.6 Å². The summed E-state index contributed by atoms with van der Waals surface area (Å²) in [5.41, 5.74) is 4.05. The number of benzene rings is 1. The number of anilines is 1. The molecule has 0 fully saturated rings. The Hall–Kier alpha value is -1.74. The van der Waals surface area contributed by atoms with E-state index < -0.39 is 0 Å². The Labute approximate surface area is 107 Å². The van der Waals surface area contributed by atoms with Crippen molar-refractivity contribution in [2.45, 2.75) is 19.5 Å². The molecule has 1 aliphatic rings. The molecule has 2 heterocycles. The van der Waals surface area contributed by atoms with Crippen molar-refractivity contribution in [2.24, 2.45) is 0 Å². The molecule has 0 spiro atoms. The summed E-state index contributed by atoms with van der Waals surface area (Å²) >= 11 is 0. The van der Waals surface area contributed by atoms with Gasteiger partial charge in [-0.2, -0.15) is 0 Å². The third kappa shape index (κ3) is 2.02. The first kappa shape index (κ1) is 11.4. The van der Waals surface area contributed by atoms with E-state index in [0.717, 1.165) is 31.8 Å². The summed E-state index contributed by atoms with van der Waals surface area (Å²) in [6.07, 6.45) is 2.92. The van der Waals surface area contributed by atoms with Gasteiger partial charge in [-0.1, -0.05) is 18.2 Å². The fourth-order valence-corrected chi connectivity index (χ4v) is 2.60. The molecule has 0 amide bonds. The van der Waals surface area contributed by atoms with Gasteiger partial charge in [-0.25, -0.2) is 0 Å². The maximum Gasteiger partial charge on any atom is 0.127 e. The van der Waals surface area contributed by atoms with Crippen molar-refractivity contribution in [3.63, 3.8) is 0 Å². The van der Waals surface area contributed by atoms with Crippen molar-refractivity contribution < 1.29 is 4.42 Å². The third-order valence-electron chi connectivity index (χ3n) is 3.52. The molecule has 0 bridgehead atoms. The monoisotopic (exact) mass is 242 g/mol. The van der Waals surface area contributed by atoms with Gasteiger partial charge in [0.1, 0.15) is 5.76 Å². The third-order valence-corrected chi connectivity index (χ3v) is 3.52. The standard InChI is InChI=1S/C15H18N2O/c1-16-10-13-7-9-18-15(13)11-17-8-6-12-4-2-3-5-14(12)17/h2-5,7,9,16H,6,8,10-11H2,1H3. The average Bonchev–Trinajstić information content (AvgIpc) is 2.99. The highest BCUT2D eigenvalue weighted by Gasteiger charge is 2.20. The second kappa shape index (κ2) is 4.86. The number of furan rings is 1. The van der Waals surface area contributed by atoms with Crippen molar-refractivity contribution >= 4 is 5.69 Å². The van der Waals surface area contributed by atoms with Gasteiger partial charge in [0.2, 0.25) is 0 Å². The van der Waals surface area contributed by atoms with Crippen LogP contribution in [0.1, 0.15) is 16.9 Å². The van der Waals surface area contributed by atoms with E-state index in [0.29, 0.717) is 0 Å². The van der Waals surface area contributed by atoms with E-state index >= 15 is 0 Å². The van der Waals surface area contributed by atoms with Crippen LogP contribution in [0.5, 0.6) is 0 Å². The second-order valence-electron chi connectivity index (χ2n) is 4.70. The molecule has 94 valence electrons. The summed E-state index contributed by atoms with van der Waals surface area (Å²) in [6.45, 7) is 2.81. The van der Waals surface area contributed by atoms with Crippen LogP contribution in [-0.2, 0) is 19.5 Å². The predicted octanol–water partition coefficient (Wildman–Crippen LogP) is 2.56. The Bertz CT molecular complexity index is 533. The van der Waals surface area contributed by atoms with Gasteiger partial charge in [0.05, 0.1) is 12.8 Å². The fraction of sp³-hybridized carbons (Fsp3) is 0.333. The zero-order valence-electron chi connectivity index (χ0n) is 10.6. The van der Waals surface area contributed by atoms with Crippen molar-refractivity contribution in [2.75, 3.05) is 18.5 Å². The topological polar surface area (TPSA) is 28.4 Å². The van der Waals surface area contributed by atoms with Gasteiger partial charge in [-0.05, 0) is 31.2 Å². The number of para-hydroxylation sites is 1. The number of fused-ring (bicyclic) bond motifs is 1. The molecule has 1 aliphatic heterocycles. The van der Waals surface area contributed by atoms with E-state index in [1.807, 2.05) is 13.1 Å². The summed E-state index contributed by atoms with van der Waals surface area (Å²) in [5.74, 6) is 1.07. The van der Waals surface area contributed by atoms with E-state index in [1.54, 1.807) is 6.26 Å². The highest BCUT2D eigenvalue weighted by atomic mass is 16.3. The van der Waals surface area contributed by atoms with Crippen molar-refractivity contribution in [1.29, 1.82) is 0 Å². The Morgan fingerprint density at radius 2 is 2.17 bits per heavy atom. The molecular formula is C15H18N2O. The highest BCUT2D eigenvalue weighted by Crippen LogP contribution is 2.29. The number of hydrogen-bond donors (Lipinski definition) is 1. The van der Waals surface area contributed by atoms with Crippen molar-refractivity contribution in [3.8, 4) is 0 Å². The van der Waals surface area contributed by atoms with E-state index in [4.69, 9.17) is 4.42 Å². The van der Waals surface area contributed by atoms with E-state index in [-0.39, 0.29) is 0 Å². The number of nitrogens with zero attached hydrogens (tertiary/aromatic N) is 1. The van der Waals surface area contributed by atoms with Crippen molar-refractivity contribution in [3.05, 3.63) is 53.5 Å². The van der Waals surface area contributed by atoms with Crippen LogP contribution in [0.15, 0.2) is 41.0 Å². The molecule has 0 saturated carbocycles. The molecule has 18 heavy (non-hydrogen) atoms. The first-order chi connectivity index (χ1) is 8.88. The van der Waals surface area contributed by atoms with Crippen LogP contribution in [0.2, 0.25) is 0 Å². The lowest BCUT2D eigenvalue weighted by molar-refractivity contribution is 0.498. The lowest BCUT2D eigenvalue weighted by atomic mass is 10.2. The summed E-state index contributed by atoms with van der Waals surface area (Å²) < 4.78 is 5.61. The first-order valence-electron chi connectivity index (χ1n) is 6.41. The van der Waals surface area contributed by atoms with Crippen LogP contribution in [0.4, 0.5) is 5.69 Å². The minimum atomic E-state index is 0.862. The maximum absolute atomic E-state index is 5.61. The molecule has 3 heteroatoms. The maximum atomic E-state index is 5.61. The number of hydrogen-bond acceptors (Lipinski definition) is 3. The Kier molecular flexibility index (Phi) is 3.07. The zero-order valence-corrected chi connectivity index (χ0v) is 10.6. The summed E-state index contributed by atoms with van der Waals surface area (Å²) in [4.78, 5) is 2.40. The molecule has 0 radical (unpaired) electrons. The molecule has 1 aromatic heterocycles. The van der Waals surface area contributed by atoms with Crippen LogP contribution >= 0.6 is 0 Å². The zero-order chi connectivity index (χ0) is 12.4. The quantitative estimate of drug-likeness (QED) is 0.893. The SMILES string of the molecule is CNCc1ccoc1CN1CCc2ccccc21. The lowest BCUT2D eigenvalue weighted by Crippen LogP contribution is -2.20. The van der Waals surface area contributed by atoms with E-state index in [9.17, 15) is 0 Å². The van der Waals surface area contributed by atoms with Crippen LogP contribution in [-0.4, -0.2) is 13.6 Å². The minimum Gasteiger partial charge on any atom is -0.467 e. The smallest absolute Gasteiger partial charge is 0.127 e. The van der Waals surface area contributed by atoms with Gasteiger partial charge in [-0.3, -0.25) is 0 Å². The van der Waals surface area contributed by atoms with Crippen LogP contribution in [0, 0.1) is 0 Å². The molecule has 3 rings (SSSR count). The van der Waals surface area contributed by atoms with Gasteiger partial charge in [0.25, 0.3) is 0 Å². The Morgan fingerprint density at radius 1 is 1.28 bits per heavy atom. The van der Waals surface area contributed by atoms with Gasteiger partial charge in [-0.15, -0.1) is 0 Å². The number of rotatable bonds is 4. The Morgan fingerprint density at radius 3 is 3.06 bits per heavy atom. The Balaban J connectivity index is 1.80. The van der Waals surface area contributed by atoms with Gasteiger partial charge in [0.15, 0.2) is 0 Å². The van der Waals surface area contributed by atoms with E-state index in [2.05, 4.69) is 34.5 Å². The van der Waals surface area contributed by atoms with Crippen LogP contribution in [0.3, 0.4) is 0 Å². The molecule has 1 aromatic carbocycles. The van der Waals surface area contributed by atoms with Gasteiger partial charge >= 0.3 is 0 Å². The van der Waals surface area contributed by atoms with Crippen LogP contribution in [0.25, 0.3) is 0 Å². The largest absolute Gasteiger partial charge is 0.467 e. The normalized spacial score (nSPS) is 13.9. The second-order valence-corrected chi connectivity index (χ2v) is 4.70. The molecule has 0 atom stereocenters. The van der Waals surface area contributed by atoms with Gasteiger partial charge in [0, 0.05) is 24.3 Å². The van der Waals surface area contributed by atoms with Crippen LogP contribution < -0.4 is 10.2 Å². The number of nitrogens with one attached hydrogen (secondary N) is 1. The van der Waals surface area contributed by atoms with Crippen molar-refractivity contribution in [1.82, 2.24) is 5.32 Å². The molecule has 0 saturated heterocycles. The summed E-state index contributed by atoms with van der Waals surface area (Å²) in [7, 11) is 1.96. The summed E-state index contributed by atoms with van der Waals surface area (Å²) in [5, 5.41) is 3.18. The first-order valence-corrected chi connectivity index (χ1v) is 6.41. The average molecular weight is 242 g/mol. The molecule has 2 aromatic rings. The van der Waals surface area contributed by atoms with E-state index in [1.165, 1.54) is 16.8 Å². The fourth-order valence-electron chi connectivity index (χ4n) is 2.60. The highest BCUT2D eigenvalue weighted by molar-refractivity contribution is 5.57. The minimum absolute atomic E-state index is 0.862. The summed E-state index contributed by atoms with van der Waals surface area (Å²) in [6, 6.07) is 10.7. The molecule has 1 N–H and O–H groups in total. The molecule has 0 aliphatic carbocycles. The molecule has 3 nitrogen and oxygen atoms in total. The predicted molar refractivity (Wildman–Crippen MR) is 72.7 cm³/mol. The molecule has 0 unspecified atom stereocenters.